The predicted octanol–water partition coefficient (Wildman–Crippen LogP) is 3.70. The van der Waals surface area contributed by atoms with Crippen molar-refractivity contribution in [3.63, 3.8) is 0 Å². The van der Waals surface area contributed by atoms with Crippen molar-refractivity contribution >= 4 is 31.8 Å². The maximum absolute atomic E-state index is 4.24. The number of fused-ring (bicyclic) bond motifs is 1. The molecule has 0 atom stereocenters. The highest BCUT2D eigenvalue weighted by molar-refractivity contribution is 7.64. The molecule has 0 saturated carbocycles. The molecule has 0 aliphatic carbocycles. The van der Waals surface area contributed by atoms with Crippen LogP contribution in [0.3, 0.4) is 0 Å². The molecule has 1 heterocycles. The summed E-state index contributed by atoms with van der Waals surface area (Å²) >= 11 is 0. The third kappa shape index (κ3) is 1.62. The Labute approximate surface area is 94.6 Å². The minimum absolute atomic E-state index is 0.829. The first-order valence-corrected chi connectivity index (χ1v) is 6.61. The molecule has 2 nitrogen and oxygen atoms in total. The third-order valence-electron chi connectivity index (χ3n) is 2.29. The molecule has 3 rings (SSSR count). The van der Waals surface area contributed by atoms with Crippen LogP contribution in [0, 0.1) is 0 Å². The van der Waals surface area contributed by atoms with E-state index in [1.165, 1.54) is 31.8 Å². The molecule has 2 aromatic carbocycles. The van der Waals surface area contributed by atoms with Crippen LogP contribution < -0.4 is 0 Å². The van der Waals surface area contributed by atoms with E-state index in [0.29, 0.717) is 0 Å². The normalized spacial score (nSPS) is 10.7. The Balaban J connectivity index is 2.22. The van der Waals surface area contributed by atoms with Crippen LogP contribution in [0.5, 0.6) is 0 Å². The van der Waals surface area contributed by atoms with Crippen LogP contribution in [0.25, 0.3) is 22.2 Å². The van der Waals surface area contributed by atoms with Gasteiger partial charge < -0.3 is 0 Å². The Morgan fingerprint density at radius 3 is 2.67 bits per heavy atom. The van der Waals surface area contributed by atoms with Crippen LogP contribution in [0.15, 0.2) is 42.5 Å². The molecule has 1 aromatic heterocycles. The van der Waals surface area contributed by atoms with Gasteiger partial charge >= 0.3 is 21.1 Å². The predicted molar refractivity (Wildman–Crippen MR) is 65.1 cm³/mol. The van der Waals surface area contributed by atoms with Crippen LogP contribution in [0.4, 0.5) is 0 Å². The van der Waals surface area contributed by atoms with Gasteiger partial charge in [-0.3, -0.25) is 0 Å². The van der Waals surface area contributed by atoms with Gasteiger partial charge in [-0.2, -0.15) is 0 Å². The summed E-state index contributed by atoms with van der Waals surface area (Å²) in [6, 6.07) is 14.6. The Bertz CT molecular complexity index is 590. The quantitative estimate of drug-likeness (QED) is 0.471. The zero-order chi connectivity index (χ0) is 10.1. The van der Waals surface area contributed by atoms with Crippen molar-refractivity contribution in [2.75, 3.05) is 0 Å². The standard InChI is InChI=1S/C11H7N2S2/c1-2-4-9-7-10(6-5-8(9)3-1)11-12-14-15-13-11/h1-7H/q+1. The molecule has 0 amide bonds. The lowest BCUT2D eigenvalue weighted by atomic mass is 10.1. The van der Waals surface area contributed by atoms with E-state index in [9.17, 15) is 0 Å². The lowest BCUT2D eigenvalue weighted by Gasteiger charge is -1.98. The topological polar surface area (TPSA) is 25.8 Å². The van der Waals surface area contributed by atoms with Gasteiger partial charge in [-0.25, -0.2) is 0 Å². The van der Waals surface area contributed by atoms with Crippen molar-refractivity contribution in [1.82, 2.24) is 8.75 Å². The van der Waals surface area contributed by atoms with E-state index >= 15 is 0 Å². The first kappa shape index (κ1) is 8.88. The van der Waals surface area contributed by atoms with Gasteiger partial charge in [0.05, 0.1) is 4.37 Å². The highest BCUT2D eigenvalue weighted by atomic mass is 32.9. The van der Waals surface area contributed by atoms with Gasteiger partial charge in [0.25, 0.3) is 0 Å². The molecule has 0 saturated heterocycles. The SMILES string of the molecule is c1ccc2cc(-c3ns[s+]n3)ccc2c1. The lowest BCUT2D eigenvalue weighted by molar-refractivity contribution is 1.39. The highest BCUT2D eigenvalue weighted by Crippen LogP contribution is 2.23. The summed E-state index contributed by atoms with van der Waals surface area (Å²) in [6.45, 7) is 0. The monoisotopic (exact) mass is 231 g/mol. The summed E-state index contributed by atoms with van der Waals surface area (Å²) in [7, 11) is 2.84. The Hall–Kier alpha value is -1.39. The van der Waals surface area contributed by atoms with Crippen molar-refractivity contribution in [3.05, 3.63) is 42.5 Å². The van der Waals surface area contributed by atoms with E-state index in [-0.39, 0.29) is 0 Å². The largest absolute Gasteiger partial charge is 0.462 e. The second-order valence-electron chi connectivity index (χ2n) is 3.22. The molecule has 72 valence electrons. The Morgan fingerprint density at radius 1 is 1.00 bits per heavy atom. The minimum atomic E-state index is 0.829. The van der Waals surface area contributed by atoms with E-state index in [4.69, 9.17) is 0 Å². The van der Waals surface area contributed by atoms with Gasteiger partial charge in [0.15, 0.2) is 0 Å². The number of nitrogens with zero attached hydrogens (tertiary/aromatic N) is 2. The Kier molecular flexibility index (Phi) is 2.16. The molecular weight excluding hydrogens is 224 g/mol. The average molecular weight is 231 g/mol. The van der Waals surface area contributed by atoms with Crippen LogP contribution in [-0.2, 0) is 0 Å². The van der Waals surface area contributed by atoms with E-state index in [1.807, 2.05) is 12.1 Å². The van der Waals surface area contributed by atoms with Gasteiger partial charge in [-0.15, -0.1) is 4.37 Å². The van der Waals surface area contributed by atoms with Gasteiger partial charge in [0.2, 0.25) is 5.82 Å². The zero-order valence-corrected chi connectivity index (χ0v) is 9.39. The number of hydrogen-bond acceptors (Lipinski definition) is 3. The maximum Gasteiger partial charge on any atom is 0.462 e. The summed E-state index contributed by atoms with van der Waals surface area (Å²) < 4.78 is 8.48. The van der Waals surface area contributed by atoms with Crippen LogP contribution >= 0.6 is 21.1 Å². The maximum atomic E-state index is 4.24. The van der Waals surface area contributed by atoms with Gasteiger partial charge in [-0.05, 0) is 16.8 Å². The lowest BCUT2D eigenvalue weighted by Crippen LogP contribution is -1.79. The summed E-state index contributed by atoms with van der Waals surface area (Å²) in [5.41, 5.74) is 1.09. The fourth-order valence-electron chi connectivity index (χ4n) is 1.55. The van der Waals surface area contributed by atoms with E-state index in [1.54, 1.807) is 0 Å². The van der Waals surface area contributed by atoms with Crippen molar-refractivity contribution in [2.45, 2.75) is 0 Å². The summed E-state index contributed by atoms with van der Waals surface area (Å²) in [4.78, 5) is 0. The van der Waals surface area contributed by atoms with E-state index < -0.39 is 0 Å². The summed E-state index contributed by atoms with van der Waals surface area (Å²) in [5.74, 6) is 0.829. The summed E-state index contributed by atoms with van der Waals surface area (Å²) in [6.07, 6.45) is 0. The fraction of sp³-hybridized carbons (Fsp3) is 0. The number of rotatable bonds is 1. The van der Waals surface area contributed by atoms with Crippen molar-refractivity contribution in [1.29, 1.82) is 0 Å². The molecule has 0 fully saturated rings. The van der Waals surface area contributed by atoms with E-state index in [0.717, 1.165) is 11.4 Å². The Morgan fingerprint density at radius 2 is 1.87 bits per heavy atom. The first-order valence-electron chi connectivity index (χ1n) is 4.54. The van der Waals surface area contributed by atoms with Crippen molar-refractivity contribution < 1.29 is 0 Å². The second kappa shape index (κ2) is 3.64. The van der Waals surface area contributed by atoms with Crippen molar-refractivity contribution in [2.24, 2.45) is 0 Å². The molecular formula is C11H7N2S2+. The van der Waals surface area contributed by atoms with Gasteiger partial charge in [-0.1, -0.05) is 36.4 Å². The smallest absolute Gasteiger partial charge is 0.112 e. The molecule has 0 aliphatic rings. The van der Waals surface area contributed by atoms with Crippen molar-refractivity contribution in [3.8, 4) is 11.4 Å². The van der Waals surface area contributed by atoms with Gasteiger partial charge in [0, 0.05) is 5.56 Å². The highest BCUT2D eigenvalue weighted by Gasteiger charge is 2.09. The minimum Gasteiger partial charge on any atom is -0.112 e. The third-order valence-corrected chi connectivity index (χ3v) is 3.50. The first-order chi connectivity index (χ1) is 7.43. The molecule has 4 heteroatoms. The average Bonchev–Trinajstić information content (AvgIpc) is 2.82. The fourth-order valence-corrected chi connectivity index (χ4v) is 2.73. The molecule has 0 aliphatic heterocycles. The van der Waals surface area contributed by atoms with Crippen LogP contribution in [0.1, 0.15) is 0 Å². The van der Waals surface area contributed by atoms with Crippen LogP contribution in [-0.4, -0.2) is 8.75 Å². The summed E-state index contributed by atoms with van der Waals surface area (Å²) in [5, 5.41) is 2.48. The van der Waals surface area contributed by atoms with Gasteiger partial charge in [0.1, 0.15) is 0 Å². The number of aromatic nitrogens is 2. The molecule has 3 aromatic rings. The van der Waals surface area contributed by atoms with E-state index in [2.05, 4.69) is 39.1 Å². The molecule has 15 heavy (non-hydrogen) atoms. The number of benzene rings is 2. The molecule has 0 bridgehead atoms. The molecule has 0 N–H and O–H groups in total. The zero-order valence-electron chi connectivity index (χ0n) is 7.75. The number of hydrogen-bond donors (Lipinski definition) is 0. The van der Waals surface area contributed by atoms with Crippen LogP contribution in [0.2, 0.25) is 0 Å². The molecule has 0 unspecified atom stereocenters. The second-order valence-corrected chi connectivity index (χ2v) is 4.77. The molecule has 0 radical (unpaired) electrons. The molecule has 0 spiro atoms.